The molecule has 2 aromatic heterocycles. The molecular formula is C20H29N3O4S. The van der Waals surface area contributed by atoms with Gasteiger partial charge in [-0.15, -0.1) is 11.3 Å². The van der Waals surface area contributed by atoms with E-state index in [0.717, 1.165) is 24.2 Å². The van der Waals surface area contributed by atoms with Crippen LogP contribution in [0.25, 0.3) is 10.2 Å². The summed E-state index contributed by atoms with van der Waals surface area (Å²) in [7, 11) is 0. The van der Waals surface area contributed by atoms with E-state index in [-0.39, 0.29) is 23.9 Å². The topological polar surface area (TPSA) is 81.5 Å². The highest BCUT2D eigenvalue weighted by molar-refractivity contribution is 7.20. The molecule has 0 spiro atoms. The van der Waals surface area contributed by atoms with Gasteiger partial charge in [-0.3, -0.25) is 14.2 Å². The predicted octanol–water partition coefficient (Wildman–Crippen LogP) is 3.23. The van der Waals surface area contributed by atoms with E-state index in [1.54, 1.807) is 11.8 Å². The van der Waals surface area contributed by atoms with E-state index in [4.69, 9.17) is 4.74 Å². The fourth-order valence-electron chi connectivity index (χ4n) is 2.92. The Kier molecular flexibility index (Phi) is 7.74. The molecule has 1 amide bonds. The third-order valence-corrected chi connectivity index (χ3v) is 5.48. The van der Waals surface area contributed by atoms with Crippen LogP contribution in [0.15, 0.2) is 11.1 Å². The Morgan fingerprint density at radius 2 is 1.89 bits per heavy atom. The minimum Gasteiger partial charge on any atom is -0.461 e. The first kappa shape index (κ1) is 22.1. The Bertz CT molecular complexity index is 895. The molecular weight excluding hydrogens is 378 g/mol. The number of aryl methyl sites for hydroxylation is 1. The summed E-state index contributed by atoms with van der Waals surface area (Å²) in [6.45, 7) is 11.3. The molecule has 154 valence electrons. The van der Waals surface area contributed by atoms with Crippen LogP contribution in [-0.4, -0.2) is 46.0 Å². The van der Waals surface area contributed by atoms with Crippen molar-refractivity contribution in [3.63, 3.8) is 0 Å². The average Bonchev–Trinajstić information content (AvgIpc) is 2.99. The highest BCUT2D eigenvalue weighted by atomic mass is 32.1. The van der Waals surface area contributed by atoms with Crippen molar-refractivity contribution in [3.05, 3.63) is 27.1 Å². The van der Waals surface area contributed by atoms with Crippen LogP contribution >= 0.6 is 11.3 Å². The number of carbonyl (C=O) groups is 2. The van der Waals surface area contributed by atoms with Crippen LogP contribution in [0.3, 0.4) is 0 Å². The smallest absolute Gasteiger partial charge is 0.348 e. The van der Waals surface area contributed by atoms with E-state index in [0.29, 0.717) is 40.4 Å². The third kappa shape index (κ3) is 4.98. The van der Waals surface area contributed by atoms with Gasteiger partial charge in [0.2, 0.25) is 5.91 Å². The van der Waals surface area contributed by atoms with E-state index in [2.05, 4.69) is 4.98 Å². The van der Waals surface area contributed by atoms with Gasteiger partial charge >= 0.3 is 5.97 Å². The van der Waals surface area contributed by atoms with Crippen molar-refractivity contribution >= 4 is 33.4 Å². The van der Waals surface area contributed by atoms with Crippen LogP contribution in [-0.2, 0) is 16.1 Å². The lowest BCUT2D eigenvalue weighted by atomic mass is 10.2. The quantitative estimate of drug-likeness (QED) is 0.596. The summed E-state index contributed by atoms with van der Waals surface area (Å²) < 4.78 is 6.62. The van der Waals surface area contributed by atoms with Crippen molar-refractivity contribution in [3.8, 4) is 0 Å². The summed E-state index contributed by atoms with van der Waals surface area (Å²) in [4.78, 5) is 44.8. The van der Waals surface area contributed by atoms with Crippen molar-refractivity contribution < 1.29 is 14.3 Å². The first-order chi connectivity index (χ1) is 13.3. The van der Waals surface area contributed by atoms with Crippen molar-refractivity contribution in [1.29, 1.82) is 0 Å². The van der Waals surface area contributed by atoms with Crippen molar-refractivity contribution in [2.45, 2.75) is 54.0 Å². The van der Waals surface area contributed by atoms with Crippen LogP contribution < -0.4 is 5.56 Å². The van der Waals surface area contributed by atoms with Gasteiger partial charge in [-0.2, -0.15) is 0 Å². The predicted molar refractivity (Wildman–Crippen MR) is 111 cm³/mol. The van der Waals surface area contributed by atoms with Crippen LogP contribution in [0.5, 0.6) is 0 Å². The number of rotatable bonds is 9. The highest BCUT2D eigenvalue weighted by Crippen LogP contribution is 2.27. The Balaban J connectivity index is 2.32. The zero-order valence-corrected chi connectivity index (χ0v) is 18.1. The monoisotopic (exact) mass is 407 g/mol. The molecule has 28 heavy (non-hydrogen) atoms. The zero-order chi connectivity index (χ0) is 20.8. The molecule has 0 fully saturated rings. The summed E-state index contributed by atoms with van der Waals surface area (Å²) >= 11 is 1.15. The van der Waals surface area contributed by atoms with Gasteiger partial charge in [0.25, 0.3) is 5.56 Å². The van der Waals surface area contributed by atoms with Gasteiger partial charge in [-0.1, -0.05) is 27.7 Å². The Morgan fingerprint density at radius 1 is 1.25 bits per heavy atom. The van der Waals surface area contributed by atoms with Gasteiger partial charge in [0.1, 0.15) is 16.3 Å². The maximum Gasteiger partial charge on any atom is 0.348 e. The number of ether oxygens (including phenoxy) is 1. The second-order valence-corrected chi connectivity index (χ2v) is 8.29. The number of esters is 1. The number of amides is 1. The molecule has 0 aliphatic carbocycles. The third-order valence-electron chi connectivity index (χ3n) is 4.30. The van der Waals surface area contributed by atoms with Gasteiger partial charge in [0.15, 0.2) is 0 Å². The highest BCUT2D eigenvalue weighted by Gasteiger charge is 2.22. The van der Waals surface area contributed by atoms with Crippen LogP contribution in [0, 0.1) is 12.8 Å². The molecule has 0 aromatic carbocycles. The first-order valence-corrected chi connectivity index (χ1v) is 10.5. The minimum atomic E-state index is -0.437. The second kappa shape index (κ2) is 9.82. The summed E-state index contributed by atoms with van der Waals surface area (Å²) in [6.07, 6.45) is 3.12. The molecule has 2 rings (SSSR count). The van der Waals surface area contributed by atoms with Gasteiger partial charge in [-0.25, -0.2) is 9.78 Å². The second-order valence-electron chi connectivity index (χ2n) is 7.29. The number of hydrogen-bond donors (Lipinski definition) is 0. The molecule has 0 saturated heterocycles. The lowest BCUT2D eigenvalue weighted by Crippen LogP contribution is -2.37. The zero-order valence-electron chi connectivity index (χ0n) is 17.3. The van der Waals surface area contributed by atoms with Crippen molar-refractivity contribution in [2.24, 2.45) is 5.92 Å². The molecule has 2 heterocycles. The van der Waals surface area contributed by atoms with Gasteiger partial charge in [0.05, 0.1) is 18.3 Å². The summed E-state index contributed by atoms with van der Waals surface area (Å²) in [5.74, 6) is -0.307. The standard InChI is InChI=1S/C20H29N3O4S/c1-6-8-22(9-7-2)15(24)10-23-12-21-18-16(19(23)25)14(5)17(28-18)20(26)27-11-13(3)4/h12-13H,6-11H2,1-5H3. The van der Waals surface area contributed by atoms with E-state index < -0.39 is 5.97 Å². The fraction of sp³-hybridized carbons (Fsp3) is 0.600. The average molecular weight is 408 g/mol. The minimum absolute atomic E-state index is 0.0514. The van der Waals surface area contributed by atoms with Gasteiger partial charge < -0.3 is 9.64 Å². The lowest BCUT2D eigenvalue weighted by Gasteiger charge is -2.21. The molecule has 0 saturated carbocycles. The number of aromatic nitrogens is 2. The maximum absolute atomic E-state index is 12.9. The van der Waals surface area contributed by atoms with E-state index >= 15 is 0 Å². The Hall–Kier alpha value is -2.22. The normalized spacial score (nSPS) is 11.2. The number of carbonyl (C=O) groups excluding carboxylic acids is 2. The number of thiophene rings is 1. The Labute approximate surface area is 169 Å². The van der Waals surface area contributed by atoms with E-state index in [9.17, 15) is 14.4 Å². The van der Waals surface area contributed by atoms with E-state index in [1.165, 1.54) is 10.9 Å². The molecule has 2 aromatic rings. The fourth-order valence-corrected chi connectivity index (χ4v) is 3.95. The Morgan fingerprint density at radius 3 is 2.46 bits per heavy atom. The number of hydrogen-bond acceptors (Lipinski definition) is 6. The van der Waals surface area contributed by atoms with Crippen LogP contribution in [0.1, 0.15) is 55.8 Å². The van der Waals surface area contributed by atoms with Gasteiger partial charge in [-0.05, 0) is 31.2 Å². The molecule has 0 radical (unpaired) electrons. The van der Waals surface area contributed by atoms with Crippen LogP contribution in [0.4, 0.5) is 0 Å². The molecule has 7 nitrogen and oxygen atoms in total. The molecule has 0 N–H and O–H groups in total. The molecule has 0 bridgehead atoms. The molecule has 8 heteroatoms. The van der Waals surface area contributed by atoms with Gasteiger partial charge in [0, 0.05) is 13.1 Å². The van der Waals surface area contributed by atoms with Crippen molar-refractivity contribution in [2.75, 3.05) is 19.7 Å². The molecule has 0 aliphatic heterocycles. The molecule has 0 aliphatic rings. The van der Waals surface area contributed by atoms with Crippen LogP contribution in [0.2, 0.25) is 0 Å². The SMILES string of the molecule is CCCN(CCC)C(=O)Cn1cnc2sc(C(=O)OCC(C)C)c(C)c2c1=O. The van der Waals surface area contributed by atoms with Crippen molar-refractivity contribution in [1.82, 2.24) is 14.5 Å². The molecule has 0 atom stereocenters. The first-order valence-electron chi connectivity index (χ1n) is 9.73. The number of fused-ring (bicyclic) bond motifs is 1. The largest absolute Gasteiger partial charge is 0.461 e. The maximum atomic E-state index is 12.9. The summed E-state index contributed by atoms with van der Waals surface area (Å²) in [5.41, 5.74) is 0.259. The summed E-state index contributed by atoms with van der Waals surface area (Å²) in [5, 5.41) is 0.384. The number of nitrogens with zero attached hydrogens (tertiary/aromatic N) is 3. The summed E-state index contributed by atoms with van der Waals surface area (Å²) in [6, 6.07) is 0. The molecule has 0 unspecified atom stereocenters. The lowest BCUT2D eigenvalue weighted by molar-refractivity contribution is -0.132. The van der Waals surface area contributed by atoms with E-state index in [1.807, 2.05) is 27.7 Å².